The lowest BCUT2D eigenvalue weighted by Gasteiger charge is -2.38. The van der Waals surface area contributed by atoms with Crippen LogP contribution < -0.4 is 10.6 Å². The fourth-order valence-electron chi connectivity index (χ4n) is 3.79. The van der Waals surface area contributed by atoms with Gasteiger partial charge in [-0.25, -0.2) is 0 Å². The van der Waals surface area contributed by atoms with Crippen molar-refractivity contribution in [2.45, 2.75) is 45.6 Å². The summed E-state index contributed by atoms with van der Waals surface area (Å²) in [7, 11) is 0. The van der Waals surface area contributed by atoms with Gasteiger partial charge in [-0.05, 0) is 24.5 Å². The third-order valence-corrected chi connectivity index (χ3v) is 5.52. The van der Waals surface area contributed by atoms with Gasteiger partial charge in [-0.1, -0.05) is 44.9 Å². The Morgan fingerprint density at radius 1 is 1.07 bits per heavy atom. The van der Waals surface area contributed by atoms with E-state index >= 15 is 0 Å². The summed E-state index contributed by atoms with van der Waals surface area (Å²) in [5, 5.41) is 5.98. The van der Waals surface area contributed by atoms with Gasteiger partial charge in [0.25, 0.3) is 5.91 Å². The highest BCUT2D eigenvalue weighted by molar-refractivity contribution is 5.94. The summed E-state index contributed by atoms with van der Waals surface area (Å²) in [5.74, 6) is 0.531. The summed E-state index contributed by atoms with van der Waals surface area (Å²) in [5.41, 5.74) is 0.644. The smallest absolute Gasteiger partial charge is 0.251 e. The molecule has 0 spiro atoms. The maximum absolute atomic E-state index is 12.3. The maximum atomic E-state index is 12.3. The van der Waals surface area contributed by atoms with E-state index in [2.05, 4.69) is 29.4 Å². The summed E-state index contributed by atoms with van der Waals surface area (Å²) in [6.07, 6.45) is 3.28. The molecule has 1 fully saturated rings. The largest absolute Gasteiger partial charge is 0.379 e. The number of carbonyl (C=O) groups excluding carboxylic acids is 2. The zero-order valence-electron chi connectivity index (χ0n) is 17.3. The van der Waals surface area contributed by atoms with Gasteiger partial charge >= 0.3 is 0 Å². The first-order chi connectivity index (χ1) is 13.7. The van der Waals surface area contributed by atoms with Crippen molar-refractivity contribution in [2.75, 3.05) is 39.4 Å². The summed E-state index contributed by atoms with van der Waals surface area (Å²) >= 11 is 0. The molecule has 1 heterocycles. The zero-order chi connectivity index (χ0) is 20.2. The van der Waals surface area contributed by atoms with E-state index in [0.717, 1.165) is 39.1 Å². The average Bonchev–Trinajstić information content (AvgIpc) is 2.75. The first-order valence-corrected chi connectivity index (χ1v) is 10.6. The van der Waals surface area contributed by atoms with Gasteiger partial charge in [0.2, 0.25) is 5.91 Å². The number of nitrogens with one attached hydrogen (secondary N) is 2. The molecule has 1 aliphatic heterocycles. The highest BCUT2D eigenvalue weighted by Gasteiger charge is 2.27. The Bertz CT molecular complexity index is 584. The minimum absolute atomic E-state index is 0.0539. The number of nitrogens with zero attached hydrogens (tertiary/aromatic N) is 1. The molecule has 1 aromatic carbocycles. The summed E-state index contributed by atoms with van der Waals surface area (Å²) in [6, 6.07) is 9.49. The normalized spacial score (nSPS) is 16.0. The van der Waals surface area contributed by atoms with Crippen LogP contribution in [0, 0.1) is 5.92 Å². The lowest BCUT2D eigenvalue weighted by atomic mass is 9.92. The van der Waals surface area contributed by atoms with Crippen LogP contribution in [0.4, 0.5) is 0 Å². The molecular formula is C22H35N3O3. The van der Waals surface area contributed by atoms with Crippen LogP contribution >= 0.6 is 0 Å². The molecule has 0 radical (unpaired) electrons. The number of amides is 2. The Labute approximate surface area is 169 Å². The van der Waals surface area contributed by atoms with Gasteiger partial charge in [0.15, 0.2) is 0 Å². The van der Waals surface area contributed by atoms with E-state index in [1.165, 1.54) is 0 Å². The summed E-state index contributed by atoms with van der Waals surface area (Å²) in [6.45, 7) is 9.03. The molecule has 1 aliphatic rings. The van der Waals surface area contributed by atoms with Crippen molar-refractivity contribution in [1.29, 1.82) is 0 Å². The monoisotopic (exact) mass is 389 g/mol. The minimum Gasteiger partial charge on any atom is -0.379 e. The minimum atomic E-state index is -0.0953. The molecule has 156 valence electrons. The summed E-state index contributed by atoms with van der Waals surface area (Å²) in [4.78, 5) is 26.7. The van der Waals surface area contributed by atoms with E-state index in [4.69, 9.17) is 4.74 Å². The predicted molar refractivity (Wildman–Crippen MR) is 111 cm³/mol. The number of benzene rings is 1. The number of ether oxygens (including phenoxy) is 1. The van der Waals surface area contributed by atoms with Crippen LogP contribution in [-0.4, -0.2) is 62.1 Å². The number of hydrogen-bond donors (Lipinski definition) is 2. The molecule has 0 saturated carbocycles. The van der Waals surface area contributed by atoms with Crippen molar-refractivity contribution in [1.82, 2.24) is 15.5 Å². The Morgan fingerprint density at radius 3 is 2.39 bits per heavy atom. The van der Waals surface area contributed by atoms with Crippen molar-refractivity contribution < 1.29 is 14.3 Å². The van der Waals surface area contributed by atoms with E-state index in [1.54, 1.807) is 12.1 Å². The first kappa shape index (κ1) is 22.4. The molecule has 0 aliphatic carbocycles. The number of carbonyl (C=O) groups is 2. The van der Waals surface area contributed by atoms with Crippen LogP contribution in [0.25, 0.3) is 0 Å². The highest BCUT2D eigenvalue weighted by Crippen LogP contribution is 2.19. The Hall–Kier alpha value is -1.92. The predicted octanol–water partition coefficient (Wildman–Crippen LogP) is 2.45. The fraction of sp³-hybridized carbons (Fsp3) is 0.636. The second kappa shape index (κ2) is 12.5. The van der Waals surface area contributed by atoms with Gasteiger partial charge in [-0.2, -0.15) is 0 Å². The van der Waals surface area contributed by atoms with Gasteiger partial charge in [0.1, 0.15) is 0 Å². The SMILES string of the molecule is CCC(CC)C(CNC(=O)CCCNC(=O)c1ccccc1)N1CCOCC1. The zero-order valence-corrected chi connectivity index (χ0v) is 17.3. The molecule has 6 nitrogen and oxygen atoms in total. The molecular weight excluding hydrogens is 354 g/mol. The lowest BCUT2D eigenvalue weighted by molar-refractivity contribution is -0.121. The first-order valence-electron chi connectivity index (χ1n) is 10.6. The second-order valence-electron chi connectivity index (χ2n) is 7.32. The van der Waals surface area contributed by atoms with Crippen LogP contribution in [0.15, 0.2) is 30.3 Å². The van der Waals surface area contributed by atoms with Crippen molar-refractivity contribution in [3.8, 4) is 0 Å². The molecule has 6 heteroatoms. The molecule has 1 atom stereocenters. The fourth-order valence-corrected chi connectivity index (χ4v) is 3.79. The molecule has 1 aromatic rings. The molecule has 2 rings (SSSR count). The van der Waals surface area contributed by atoms with E-state index < -0.39 is 0 Å². The molecule has 0 aromatic heterocycles. The molecule has 2 amide bonds. The topological polar surface area (TPSA) is 70.7 Å². The Balaban J connectivity index is 1.70. The molecule has 28 heavy (non-hydrogen) atoms. The molecule has 1 saturated heterocycles. The number of rotatable bonds is 11. The van der Waals surface area contributed by atoms with E-state index in [-0.39, 0.29) is 11.8 Å². The van der Waals surface area contributed by atoms with Gasteiger partial charge in [-0.3, -0.25) is 14.5 Å². The second-order valence-corrected chi connectivity index (χ2v) is 7.32. The van der Waals surface area contributed by atoms with E-state index in [0.29, 0.717) is 43.5 Å². The summed E-state index contributed by atoms with van der Waals surface area (Å²) < 4.78 is 5.48. The van der Waals surface area contributed by atoms with Crippen molar-refractivity contribution in [2.24, 2.45) is 5.92 Å². The van der Waals surface area contributed by atoms with Crippen molar-refractivity contribution >= 4 is 11.8 Å². The quantitative estimate of drug-likeness (QED) is 0.571. The highest BCUT2D eigenvalue weighted by atomic mass is 16.5. The van der Waals surface area contributed by atoms with Crippen molar-refractivity contribution in [3.05, 3.63) is 35.9 Å². The van der Waals surface area contributed by atoms with Crippen LogP contribution in [-0.2, 0) is 9.53 Å². The third kappa shape index (κ3) is 7.24. The Kier molecular flexibility index (Phi) is 10.0. The van der Waals surface area contributed by atoms with Crippen molar-refractivity contribution in [3.63, 3.8) is 0 Å². The third-order valence-electron chi connectivity index (χ3n) is 5.52. The van der Waals surface area contributed by atoms with Gasteiger partial charge < -0.3 is 15.4 Å². The number of hydrogen-bond acceptors (Lipinski definition) is 4. The van der Waals surface area contributed by atoms with Crippen LogP contribution in [0.2, 0.25) is 0 Å². The van der Waals surface area contributed by atoms with E-state index in [9.17, 15) is 9.59 Å². The number of morpholine rings is 1. The average molecular weight is 390 g/mol. The standard InChI is InChI=1S/C22H35N3O3/c1-3-18(4-2)20(25-13-15-28-16-14-25)17-24-21(26)11-8-12-23-22(27)19-9-6-5-7-10-19/h5-7,9-10,18,20H,3-4,8,11-17H2,1-2H3,(H,23,27)(H,24,26). The maximum Gasteiger partial charge on any atom is 0.251 e. The van der Waals surface area contributed by atoms with E-state index in [1.807, 2.05) is 18.2 Å². The van der Waals surface area contributed by atoms with Gasteiger partial charge in [-0.15, -0.1) is 0 Å². The van der Waals surface area contributed by atoms with Crippen LogP contribution in [0.1, 0.15) is 49.9 Å². The van der Waals surface area contributed by atoms with Crippen LogP contribution in [0.3, 0.4) is 0 Å². The van der Waals surface area contributed by atoms with Crippen LogP contribution in [0.5, 0.6) is 0 Å². The molecule has 2 N–H and O–H groups in total. The lowest BCUT2D eigenvalue weighted by Crippen LogP contribution is -2.52. The molecule has 1 unspecified atom stereocenters. The van der Waals surface area contributed by atoms with Gasteiger partial charge in [0, 0.05) is 44.2 Å². The van der Waals surface area contributed by atoms with Gasteiger partial charge in [0.05, 0.1) is 13.2 Å². The Morgan fingerprint density at radius 2 is 1.75 bits per heavy atom. The molecule has 0 bridgehead atoms.